The molecule has 136 valence electrons. The number of H-pyrrole nitrogens is 3. The van der Waals surface area contributed by atoms with Gasteiger partial charge in [0.15, 0.2) is 5.82 Å². The van der Waals surface area contributed by atoms with Crippen molar-refractivity contribution < 1.29 is 0 Å². The molecular weight excluding hydrogens is 344 g/mol. The van der Waals surface area contributed by atoms with Crippen molar-refractivity contribution in [3.63, 3.8) is 0 Å². The van der Waals surface area contributed by atoms with Crippen molar-refractivity contribution in [1.82, 2.24) is 25.4 Å². The molecule has 9 heteroatoms. The average molecular weight is 362 g/mol. The molecule has 0 radical (unpaired) electrons. The number of aromatic amines is 3. The van der Waals surface area contributed by atoms with Crippen molar-refractivity contribution >= 4 is 39.7 Å². The molecule has 9 nitrogen and oxygen atoms in total. The number of aromatic nitrogens is 5. The quantitative estimate of drug-likeness (QED) is 0.322. The molecule has 3 aromatic heterocycles. The molecule has 1 aliphatic carbocycles. The highest BCUT2D eigenvalue weighted by molar-refractivity contribution is 5.82. The number of nitrogens with one attached hydrogen (secondary N) is 5. The molecule has 1 fully saturated rings. The molecule has 0 saturated heterocycles. The fraction of sp³-hybridized carbons (Fsp3) is 0.167. The van der Waals surface area contributed by atoms with Gasteiger partial charge in [-0.3, -0.25) is 20.1 Å². The Morgan fingerprint density at radius 3 is 2.81 bits per heavy atom. The third-order valence-corrected chi connectivity index (χ3v) is 4.62. The summed E-state index contributed by atoms with van der Waals surface area (Å²) in [5.41, 5.74) is 9.05. The molecule has 4 aromatic rings. The average Bonchev–Trinajstić information content (AvgIpc) is 3.31. The van der Waals surface area contributed by atoms with Crippen LogP contribution in [0.1, 0.15) is 24.5 Å². The van der Waals surface area contributed by atoms with Gasteiger partial charge < -0.3 is 16.4 Å². The Bertz CT molecular complexity index is 1180. The lowest BCUT2D eigenvalue weighted by Gasteiger charge is -2.10. The zero-order valence-electron chi connectivity index (χ0n) is 14.3. The van der Waals surface area contributed by atoms with E-state index < -0.39 is 0 Å². The van der Waals surface area contributed by atoms with E-state index in [9.17, 15) is 4.79 Å². The van der Waals surface area contributed by atoms with Crippen LogP contribution in [0.5, 0.6) is 0 Å². The number of hydrogen-bond acceptors (Lipinski definition) is 6. The highest BCUT2D eigenvalue weighted by Gasteiger charge is 2.26. The number of rotatable bonds is 5. The molecule has 27 heavy (non-hydrogen) atoms. The van der Waals surface area contributed by atoms with E-state index in [0.29, 0.717) is 28.6 Å². The summed E-state index contributed by atoms with van der Waals surface area (Å²) < 4.78 is 0. The fourth-order valence-electron chi connectivity index (χ4n) is 3.02. The monoisotopic (exact) mass is 362 g/mol. The molecule has 3 heterocycles. The van der Waals surface area contributed by atoms with Crippen LogP contribution < -0.4 is 21.9 Å². The zero-order valence-corrected chi connectivity index (χ0v) is 14.3. The number of nitrogen functional groups attached to an aromatic ring is 1. The first kappa shape index (κ1) is 15.5. The Labute approximate surface area is 153 Å². The summed E-state index contributed by atoms with van der Waals surface area (Å²) in [7, 11) is 0. The topological polar surface area (TPSA) is 140 Å². The Kier molecular flexibility index (Phi) is 3.39. The van der Waals surface area contributed by atoms with Gasteiger partial charge in [-0.25, -0.2) is 4.98 Å². The number of anilines is 5. The lowest BCUT2D eigenvalue weighted by Crippen LogP contribution is -2.02. The van der Waals surface area contributed by atoms with Crippen molar-refractivity contribution in [3.05, 3.63) is 52.4 Å². The summed E-state index contributed by atoms with van der Waals surface area (Å²) in [6, 6.07) is 11.0. The summed E-state index contributed by atoms with van der Waals surface area (Å²) >= 11 is 0. The van der Waals surface area contributed by atoms with Crippen LogP contribution in [-0.2, 0) is 0 Å². The minimum Gasteiger partial charge on any atom is -0.396 e. The molecule has 0 bridgehead atoms. The number of pyridine rings is 1. The van der Waals surface area contributed by atoms with Crippen molar-refractivity contribution in [1.29, 1.82) is 0 Å². The fourth-order valence-corrected chi connectivity index (χ4v) is 3.02. The van der Waals surface area contributed by atoms with Crippen molar-refractivity contribution in [2.45, 2.75) is 18.8 Å². The molecule has 0 atom stereocenters. The Morgan fingerprint density at radius 2 is 1.96 bits per heavy atom. The lowest BCUT2D eigenvalue weighted by atomic mass is 10.2. The standard InChI is InChI=1S/C18H18N8O/c19-12-5-6-15(20-10-3-4-11-14(7-10)24-26-18(11)27)21-17(12)22-16-8-13(23-25-16)9-1-2-9/h3-9H,1-2,19H2,(H2,24,26,27)(H3,20,21,22,23,25). The van der Waals surface area contributed by atoms with Crippen LogP contribution in [0.3, 0.4) is 0 Å². The van der Waals surface area contributed by atoms with E-state index in [-0.39, 0.29) is 5.56 Å². The number of nitrogens with two attached hydrogens (primary N) is 1. The van der Waals surface area contributed by atoms with Crippen LogP contribution in [0, 0.1) is 0 Å². The summed E-state index contributed by atoms with van der Waals surface area (Å²) in [6.07, 6.45) is 2.39. The van der Waals surface area contributed by atoms with Crippen LogP contribution in [0.25, 0.3) is 10.9 Å². The van der Waals surface area contributed by atoms with Crippen molar-refractivity contribution in [2.75, 3.05) is 16.4 Å². The summed E-state index contributed by atoms with van der Waals surface area (Å²) in [4.78, 5) is 16.1. The van der Waals surface area contributed by atoms with Gasteiger partial charge in [-0.15, -0.1) is 0 Å². The highest BCUT2D eigenvalue weighted by Crippen LogP contribution is 2.39. The first-order chi connectivity index (χ1) is 13.2. The van der Waals surface area contributed by atoms with Crippen molar-refractivity contribution in [2.24, 2.45) is 0 Å². The predicted molar refractivity (Wildman–Crippen MR) is 105 cm³/mol. The van der Waals surface area contributed by atoms with Gasteiger partial charge in [0.2, 0.25) is 0 Å². The first-order valence-corrected chi connectivity index (χ1v) is 8.72. The first-order valence-electron chi connectivity index (χ1n) is 8.72. The molecule has 1 aromatic carbocycles. The van der Waals surface area contributed by atoms with Crippen molar-refractivity contribution in [3.8, 4) is 0 Å². The van der Waals surface area contributed by atoms with E-state index in [2.05, 4.69) is 36.0 Å². The van der Waals surface area contributed by atoms with E-state index in [1.807, 2.05) is 18.2 Å². The Balaban J connectivity index is 1.39. The second kappa shape index (κ2) is 5.90. The number of benzene rings is 1. The molecule has 0 unspecified atom stereocenters. The van der Waals surface area contributed by atoms with E-state index >= 15 is 0 Å². The number of nitrogens with zero attached hydrogens (tertiary/aromatic N) is 2. The molecule has 0 spiro atoms. The van der Waals surface area contributed by atoms with Gasteiger partial charge >= 0.3 is 0 Å². The largest absolute Gasteiger partial charge is 0.396 e. The van der Waals surface area contributed by atoms with Crippen LogP contribution >= 0.6 is 0 Å². The maximum absolute atomic E-state index is 11.6. The Hall–Kier alpha value is -3.75. The van der Waals surface area contributed by atoms with Gasteiger partial charge in [-0.2, -0.15) is 5.10 Å². The maximum atomic E-state index is 11.6. The zero-order chi connectivity index (χ0) is 18.4. The maximum Gasteiger partial charge on any atom is 0.271 e. The lowest BCUT2D eigenvalue weighted by molar-refractivity contribution is 0.966. The molecule has 0 aliphatic heterocycles. The Morgan fingerprint density at radius 1 is 1.07 bits per heavy atom. The minimum atomic E-state index is -0.140. The van der Waals surface area contributed by atoms with Gasteiger partial charge in [-0.1, -0.05) is 0 Å². The normalized spacial score (nSPS) is 13.8. The van der Waals surface area contributed by atoms with E-state index in [0.717, 1.165) is 22.7 Å². The van der Waals surface area contributed by atoms with E-state index in [1.54, 1.807) is 18.2 Å². The molecule has 1 aliphatic rings. The summed E-state index contributed by atoms with van der Waals surface area (Å²) in [5.74, 6) is 2.51. The van der Waals surface area contributed by atoms with Gasteiger partial charge in [0.1, 0.15) is 11.6 Å². The minimum absolute atomic E-state index is 0.140. The van der Waals surface area contributed by atoms with Crippen LogP contribution in [0.2, 0.25) is 0 Å². The van der Waals surface area contributed by atoms with E-state index in [4.69, 9.17) is 5.73 Å². The smallest absolute Gasteiger partial charge is 0.271 e. The van der Waals surface area contributed by atoms with Gasteiger partial charge in [0.05, 0.1) is 22.3 Å². The van der Waals surface area contributed by atoms with Gasteiger partial charge in [0.25, 0.3) is 5.56 Å². The molecule has 1 saturated carbocycles. The third kappa shape index (κ3) is 2.99. The van der Waals surface area contributed by atoms with Gasteiger partial charge in [0, 0.05) is 17.7 Å². The van der Waals surface area contributed by atoms with Crippen LogP contribution in [-0.4, -0.2) is 25.4 Å². The number of hydrogen-bond donors (Lipinski definition) is 6. The SMILES string of the molecule is Nc1ccc(Nc2ccc3c(=O)[nH][nH]c3c2)nc1Nc1cc(C2CC2)n[nH]1. The van der Waals surface area contributed by atoms with E-state index in [1.165, 1.54) is 12.8 Å². The molecule has 0 amide bonds. The molecular formula is C18H18N8O. The second-order valence-electron chi connectivity index (χ2n) is 6.70. The van der Waals surface area contributed by atoms with Gasteiger partial charge in [-0.05, 0) is 43.2 Å². The third-order valence-electron chi connectivity index (χ3n) is 4.62. The number of fused-ring (bicyclic) bond motifs is 1. The van der Waals surface area contributed by atoms with Crippen LogP contribution in [0.15, 0.2) is 41.2 Å². The predicted octanol–water partition coefficient (Wildman–Crippen LogP) is 2.92. The second-order valence-corrected chi connectivity index (χ2v) is 6.70. The molecule has 5 rings (SSSR count). The van der Waals surface area contributed by atoms with Crippen LogP contribution in [0.4, 0.5) is 28.8 Å². The highest BCUT2D eigenvalue weighted by atomic mass is 16.1. The summed E-state index contributed by atoms with van der Waals surface area (Å²) in [6.45, 7) is 0. The summed E-state index contributed by atoms with van der Waals surface area (Å²) in [5, 5.41) is 19.7. The molecule has 7 N–H and O–H groups in total.